The Morgan fingerprint density at radius 2 is 2.05 bits per heavy atom. The van der Waals surface area contributed by atoms with Gasteiger partial charge in [-0.15, -0.1) is 11.5 Å². The molecule has 0 aromatic carbocycles. The van der Waals surface area contributed by atoms with E-state index in [2.05, 4.69) is 50.6 Å². The summed E-state index contributed by atoms with van der Waals surface area (Å²) in [6, 6.07) is -0.756. The van der Waals surface area contributed by atoms with E-state index in [1.54, 1.807) is 0 Å². The standard InChI is InChI=1S/C16H28N2O3Si/c1-16(2,3)22(4,5)11-7-8-12(14(17)19)18-15(20)13-9-6-10-21-13/h12-13H,6,8-10H2,1-5H3,(H2,17,19)(H,18,20)/t12-,13-/m0/s1. The number of amides is 2. The highest BCUT2D eigenvalue weighted by atomic mass is 28.3. The highest BCUT2D eigenvalue weighted by Gasteiger charge is 2.33. The predicted molar refractivity (Wildman–Crippen MR) is 89.7 cm³/mol. The van der Waals surface area contributed by atoms with Crippen LogP contribution in [0.5, 0.6) is 0 Å². The molecule has 6 heteroatoms. The summed E-state index contributed by atoms with van der Waals surface area (Å²) in [5.41, 5.74) is 8.69. The van der Waals surface area contributed by atoms with Crippen LogP contribution in [0.1, 0.15) is 40.0 Å². The maximum absolute atomic E-state index is 12.0. The fourth-order valence-electron chi connectivity index (χ4n) is 1.83. The highest BCUT2D eigenvalue weighted by Crippen LogP contribution is 2.35. The van der Waals surface area contributed by atoms with Gasteiger partial charge in [0.05, 0.1) is 0 Å². The van der Waals surface area contributed by atoms with Crippen LogP contribution in [0.4, 0.5) is 0 Å². The second kappa shape index (κ2) is 7.29. The summed E-state index contributed by atoms with van der Waals surface area (Å²) in [7, 11) is -1.72. The molecule has 2 atom stereocenters. The van der Waals surface area contributed by atoms with Crippen molar-refractivity contribution in [2.45, 2.75) is 70.3 Å². The van der Waals surface area contributed by atoms with Gasteiger partial charge in [-0.2, -0.15) is 0 Å². The maximum atomic E-state index is 12.0. The highest BCUT2D eigenvalue weighted by molar-refractivity contribution is 6.87. The number of hydrogen-bond donors (Lipinski definition) is 2. The van der Waals surface area contributed by atoms with Crippen molar-refractivity contribution in [2.75, 3.05) is 6.61 Å². The predicted octanol–water partition coefficient (Wildman–Crippen LogP) is 1.58. The minimum Gasteiger partial charge on any atom is -0.368 e. The molecule has 0 aromatic heterocycles. The monoisotopic (exact) mass is 324 g/mol. The van der Waals surface area contributed by atoms with Gasteiger partial charge in [-0.05, 0) is 17.9 Å². The number of rotatable bonds is 4. The summed E-state index contributed by atoms with van der Waals surface area (Å²) >= 11 is 0. The topological polar surface area (TPSA) is 81.4 Å². The van der Waals surface area contributed by atoms with Gasteiger partial charge in [-0.3, -0.25) is 9.59 Å². The van der Waals surface area contributed by atoms with Gasteiger partial charge >= 0.3 is 0 Å². The molecule has 1 heterocycles. The number of carbonyl (C=O) groups excluding carboxylic acids is 2. The van der Waals surface area contributed by atoms with Crippen molar-refractivity contribution in [3.8, 4) is 11.5 Å². The van der Waals surface area contributed by atoms with E-state index < -0.39 is 26.1 Å². The van der Waals surface area contributed by atoms with Gasteiger partial charge in [0, 0.05) is 13.0 Å². The third kappa shape index (κ3) is 5.15. The van der Waals surface area contributed by atoms with Crippen LogP contribution in [0.3, 0.4) is 0 Å². The molecule has 0 saturated carbocycles. The molecule has 22 heavy (non-hydrogen) atoms. The van der Waals surface area contributed by atoms with E-state index in [4.69, 9.17) is 10.5 Å². The molecule has 1 rings (SSSR count). The molecule has 3 N–H and O–H groups in total. The van der Waals surface area contributed by atoms with E-state index in [1.807, 2.05) is 0 Å². The van der Waals surface area contributed by atoms with E-state index in [0.717, 1.165) is 6.42 Å². The van der Waals surface area contributed by atoms with Gasteiger partial charge in [-0.1, -0.05) is 33.9 Å². The first kappa shape index (κ1) is 18.7. The molecule has 0 unspecified atom stereocenters. The third-order valence-corrected chi connectivity index (χ3v) is 9.02. The number of primary amides is 1. The first-order chi connectivity index (χ1) is 10.0. The first-order valence-electron chi connectivity index (χ1n) is 7.76. The number of ether oxygens (including phenoxy) is 1. The van der Waals surface area contributed by atoms with Crippen LogP contribution in [-0.2, 0) is 14.3 Å². The van der Waals surface area contributed by atoms with Gasteiger partial charge < -0.3 is 15.8 Å². The van der Waals surface area contributed by atoms with Crippen molar-refractivity contribution in [1.82, 2.24) is 5.32 Å². The molecule has 1 aliphatic rings. The fraction of sp³-hybridized carbons (Fsp3) is 0.750. The molecular formula is C16H28N2O3Si. The van der Waals surface area contributed by atoms with Crippen LogP contribution < -0.4 is 11.1 Å². The Hall–Kier alpha value is -1.32. The van der Waals surface area contributed by atoms with Crippen molar-refractivity contribution in [3.05, 3.63) is 0 Å². The van der Waals surface area contributed by atoms with E-state index in [1.165, 1.54) is 0 Å². The van der Waals surface area contributed by atoms with E-state index in [9.17, 15) is 9.59 Å². The van der Waals surface area contributed by atoms with E-state index in [0.29, 0.717) is 13.0 Å². The minimum atomic E-state index is -1.72. The third-order valence-electron chi connectivity index (χ3n) is 4.46. The Bertz CT molecular complexity index is 480. The lowest BCUT2D eigenvalue weighted by atomic mass is 10.1. The summed E-state index contributed by atoms with van der Waals surface area (Å²) in [5, 5.41) is 2.81. The van der Waals surface area contributed by atoms with Crippen LogP contribution in [-0.4, -0.2) is 38.6 Å². The molecule has 0 spiro atoms. The fourth-order valence-corrected chi connectivity index (χ4v) is 2.75. The second-order valence-electron chi connectivity index (χ2n) is 7.35. The average Bonchev–Trinajstić information content (AvgIpc) is 2.89. The SMILES string of the molecule is CC(C)(C)[Si](C)(C)C#CC[C@H](NC(=O)[C@@H]1CCCO1)C(N)=O. The molecule has 1 fully saturated rings. The lowest BCUT2D eigenvalue weighted by molar-refractivity contribution is -0.133. The molecule has 0 aliphatic carbocycles. The van der Waals surface area contributed by atoms with Gasteiger partial charge in [0.2, 0.25) is 11.8 Å². The van der Waals surface area contributed by atoms with Crippen molar-refractivity contribution >= 4 is 19.9 Å². The second-order valence-corrected chi connectivity index (χ2v) is 12.3. The largest absolute Gasteiger partial charge is 0.368 e. The zero-order chi connectivity index (χ0) is 17.0. The van der Waals surface area contributed by atoms with Gasteiger partial charge in [-0.25, -0.2) is 0 Å². The average molecular weight is 324 g/mol. The van der Waals surface area contributed by atoms with Crippen molar-refractivity contribution in [1.29, 1.82) is 0 Å². The summed E-state index contributed by atoms with van der Waals surface area (Å²) in [6.45, 7) is 11.5. The quantitative estimate of drug-likeness (QED) is 0.608. The van der Waals surface area contributed by atoms with Crippen LogP contribution >= 0.6 is 0 Å². The van der Waals surface area contributed by atoms with Gasteiger partial charge in [0.25, 0.3) is 0 Å². The van der Waals surface area contributed by atoms with Crippen LogP contribution in [0.15, 0.2) is 0 Å². The molecule has 2 amide bonds. The molecule has 0 radical (unpaired) electrons. The Morgan fingerprint density at radius 3 is 2.50 bits per heavy atom. The lowest BCUT2D eigenvalue weighted by Gasteiger charge is -2.31. The molecule has 0 aromatic rings. The van der Waals surface area contributed by atoms with E-state index in [-0.39, 0.29) is 17.4 Å². The summed E-state index contributed by atoms with van der Waals surface area (Å²) in [4.78, 5) is 23.5. The normalized spacial score (nSPS) is 20.0. The molecule has 0 bridgehead atoms. The number of carbonyl (C=O) groups is 2. The Labute approximate surface area is 134 Å². The number of nitrogens with two attached hydrogens (primary N) is 1. The number of nitrogens with one attached hydrogen (secondary N) is 1. The minimum absolute atomic E-state index is 0.156. The van der Waals surface area contributed by atoms with Crippen molar-refractivity contribution in [2.24, 2.45) is 5.73 Å². The Balaban J connectivity index is 2.66. The molecule has 1 saturated heterocycles. The Kier molecular flexibility index (Phi) is 6.21. The van der Waals surface area contributed by atoms with Crippen LogP contribution in [0, 0.1) is 11.5 Å². The number of hydrogen-bond acceptors (Lipinski definition) is 3. The molecule has 1 aliphatic heterocycles. The smallest absolute Gasteiger partial charge is 0.249 e. The van der Waals surface area contributed by atoms with Crippen molar-refractivity contribution in [3.63, 3.8) is 0 Å². The maximum Gasteiger partial charge on any atom is 0.249 e. The lowest BCUT2D eigenvalue weighted by Crippen LogP contribution is -2.47. The summed E-state index contributed by atoms with van der Waals surface area (Å²) < 4.78 is 5.31. The Morgan fingerprint density at radius 1 is 1.41 bits per heavy atom. The van der Waals surface area contributed by atoms with Crippen LogP contribution in [0.25, 0.3) is 0 Å². The molecular weight excluding hydrogens is 296 g/mol. The first-order valence-corrected chi connectivity index (χ1v) is 10.8. The summed E-state index contributed by atoms with van der Waals surface area (Å²) in [6.07, 6.45) is 1.34. The molecule has 124 valence electrons. The van der Waals surface area contributed by atoms with Gasteiger partial charge in [0.15, 0.2) is 0 Å². The van der Waals surface area contributed by atoms with Gasteiger partial charge in [0.1, 0.15) is 20.2 Å². The zero-order valence-corrected chi connectivity index (χ0v) is 15.3. The van der Waals surface area contributed by atoms with Crippen molar-refractivity contribution < 1.29 is 14.3 Å². The van der Waals surface area contributed by atoms with Crippen LogP contribution in [0.2, 0.25) is 18.1 Å². The summed E-state index contributed by atoms with van der Waals surface area (Å²) in [5.74, 6) is 2.24. The molecule has 5 nitrogen and oxygen atoms in total. The zero-order valence-electron chi connectivity index (χ0n) is 14.3. The van der Waals surface area contributed by atoms with E-state index >= 15 is 0 Å².